The third-order valence-electron chi connectivity index (χ3n) is 2.89. The van der Waals surface area contributed by atoms with Crippen molar-refractivity contribution in [1.82, 2.24) is 0 Å². The van der Waals surface area contributed by atoms with Gasteiger partial charge in [0, 0.05) is 12.0 Å². The Hall–Kier alpha value is -1.84. The summed E-state index contributed by atoms with van der Waals surface area (Å²) in [5.41, 5.74) is 0.810. The average Bonchev–Trinajstić information content (AvgIpc) is 2.51. The number of carboxylic acid groups (broad SMARTS) is 1. The Morgan fingerprint density at radius 1 is 1.00 bits per heavy atom. The van der Waals surface area contributed by atoms with Gasteiger partial charge in [-0.2, -0.15) is 0 Å². The molecule has 0 bridgehead atoms. The maximum Gasteiger partial charge on any atom is 0.505 e. The summed E-state index contributed by atoms with van der Waals surface area (Å²) in [7, 11) is 0. The van der Waals surface area contributed by atoms with Gasteiger partial charge >= 0.3 is 6.16 Å². The maximum atomic E-state index is 11.0. The first-order valence-electron chi connectivity index (χ1n) is 7.55. The molecule has 4 nitrogen and oxygen atoms in total. The summed E-state index contributed by atoms with van der Waals surface area (Å²) >= 11 is 0. The molecule has 1 rings (SSSR count). The molecule has 0 radical (unpaired) electrons. The fourth-order valence-electron chi connectivity index (χ4n) is 1.69. The number of ether oxygens (including phenoxy) is 1. The van der Waals surface area contributed by atoms with Crippen molar-refractivity contribution in [2.45, 2.75) is 52.4 Å². The Labute approximate surface area is 127 Å². The quantitative estimate of drug-likeness (QED) is 0.419. The van der Waals surface area contributed by atoms with Crippen molar-refractivity contribution in [3.8, 4) is 0 Å². The molecule has 1 aromatic carbocycles. The predicted molar refractivity (Wildman–Crippen MR) is 83.8 cm³/mol. The van der Waals surface area contributed by atoms with E-state index in [1.807, 2.05) is 37.3 Å². The highest BCUT2D eigenvalue weighted by Crippen LogP contribution is 2.02. The first-order valence-corrected chi connectivity index (χ1v) is 7.55. The van der Waals surface area contributed by atoms with E-state index in [0.717, 1.165) is 18.4 Å². The number of hydrogen-bond donors (Lipinski definition) is 1. The number of carbonyl (C=O) groups excluding carboxylic acids is 1. The predicted octanol–water partition coefficient (Wildman–Crippen LogP) is 4.93. The smallest absolute Gasteiger partial charge is 0.450 e. The number of rotatable bonds is 8. The first-order chi connectivity index (χ1) is 10.1. The Bertz CT molecular complexity index is 387. The third kappa shape index (κ3) is 11.7. The van der Waals surface area contributed by atoms with E-state index in [1.54, 1.807) is 0 Å². The molecule has 0 aliphatic rings. The molecular formula is C17H26O4. The van der Waals surface area contributed by atoms with Crippen LogP contribution in [0.3, 0.4) is 0 Å². The normalized spacial score (nSPS) is 9.43. The van der Waals surface area contributed by atoms with Gasteiger partial charge in [0.05, 0.1) is 6.61 Å². The highest BCUT2D eigenvalue weighted by molar-refractivity contribution is 5.95. The second-order valence-corrected chi connectivity index (χ2v) is 4.67. The molecule has 0 saturated heterocycles. The van der Waals surface area contributed by atoms with Gasteiger partial charge in [-0.05, 0) is 6.42 Å². The van der Waals surface area contributed by atoms with E-state index in [2.05, 4.69) is 11.7 Å². The minimum absolute atomic E-state index is 0.209. The largest absolute Gasteiger partial charge is 0.505 e. The van der Waals surface area contributed by atoms with Crippen LogP contribution >= 0.6 is 0 Å². The summed E-state index contributed by atoms with van der Waals surface area (Å²) in [6.07, 6.45) is 4.96. The minimum Gasteiger partial charge on any atom is -0.450 e. The number of ketones is 1. The maximum absolute atomic E-state index is 11.0. The van der Waals surface area contributed by atoms with Crippen LogP contribution in [0.4, 0.5) is 4.79 Å². The van der Waals surface area contributed by atoms with E-state index >= 15 is 0 Å². The monoisotopic (exact) mass is 294 g/mol. The van der Waals surface area contributed by atoms with E-state index in [1.165, 1.54) is 19.3 Å². The molecule has 21 heavy (non-hydrogen) atoms. The first kappa shape index (κ1) is 19.2. The van der Waals surface area contributed by atoms with Gasteiger partial charge < -0.3 is 9.84 Å². The van der Waals surface area contributed by atoms with Gasteiger partial charge in [0.25, 0.3) is 0 Å². The van der Waals surface area contributed by atoms with E-state index in [4.69, 9.17) is 5.11 Å². The van der Waals surface area contributed by atoms with Crippen molar-refractivity contribution in [2.24, 2.45) is 0 Å². The van der Waals surface area contributed by atoms with Crippen LogP contribution in [0.25, 0.3) is 0 Å². The van der Waals surface area contributed by atoms with Gasteiger partial charge in [0.15, 0.2) is 5.78 Å². The number of hydrogen-bond acceptors (Lipinski definition) is 3. The highest BCUT2D eigenvalue weighted by atomic mass is 16.7. The van der Waals surface area contributed by atoms with Crippen molar-refractivity contribution < 1.29 is 19.4 Å². The molecule has 0 saturated carbocycles. The van der Waals surface area contributed by atoms with E-state index in [-0.39, 0.29) is 5.78 Å². The van der Waals surface area contributed by atoms with Crippen molar-refractivity contribution in [1.29, 1.82) is 0 Å². The number of carbonyl (C=O) groups is 2. The van der Waals surface area contributed by atoms with Crippen LogP contribution < -0.4 is 0 Å². The van der Waals surface area contributed by atoms with E-state index < -0.39 is 6.16 Å². The Kier molecular flexibility index (Phi) is 12.0. The summed E-state index contributed by atoms with van der Waals surface area (Å²) in [6, 6.07) is 9.34. The summed E-state index contributed by atoms with van der Waals surface area (Å²) in [6.45, 7) is 4.36. The van der Waals surface area contributed by atoms with Crippen molar-refractivity contribution in [3.05, 3.63) is 35.9 Å². The van der Waals surface area contributed by atoms with Gasteiger partial charge in [0.2, 0.25) is 0 Å². The van der Waals surface area contributed by atoms with Crippen LogP contribution in [-0.2, 0) is 4.74 Å². The fourth-order valence-corrected chi connectivity index (χ4v) is 1.69. The highest BCUT2D eigenvalue weighted by Gasteiger charge is 1.98. The van der Waals surface area contributed by atoms with Gasteiger partial charge in [-0.15, -0.1) is 0 Å². The lowest BCUT2D eigenvalue weighted by Gasteiger charge is -1.99. The molecule has 0 aromatic heterocycles. The second kappa shape index (κ2) is 13.2. The lowest BCUT2D eigenvalue weighted by Crippen LogP contribution is -2.01. The fraction of sp³-hybridized carbons (Fsp3) is 0.529. The molecule has 1 N–H and O–H groups in total. The van der Waals surface area contributed by atoms with Gasteiger partial charge in [-0.25, -0.2) is 4.79 Å². The molecule has 0 heterocycles. The van der Waals surface area contributed by atoms with Crippen molar-refractivity contribution in [3.63, 3.8) is 0 Å². The number of Topliss-reactive ketones (excluding diaryl/α,β-unsaturated/α-hetero) is 1. The molecule has 0 fully saturated rings. The number of benzene rings is 1. The standard InChI is InChI=1S/C9H10O.C8H16O3/c1-2-9(10)8-6-4-3-5-7-8;1-2-3-4-5-6-7-11-8(9)10/h3-7H,2H2,1H3;2-7H2,1H3,(H,9,10). The minimum atomic E-state index is -1.17. The molecule has 0 amide bonds. The SMILES string of the molecule is CCC(=O)c1ccccc1.CCCCCCCOC(=O)O. The molecule has 0 aliphatic carbocycles. The topological polar surface area (TPSA) is 63.6 Å². The zero-order valence-corrected chi connectivity index (χ0v) is 13.0. The molecule has 1 aromatic rings. The molecule has 0 unspecified atom stereocenters. The van der Waals surface area contributed by atoms with Crippen molar-refractivity contribution >= 4 is 11.9 Å². The Balaban J connectivity index is 0.000000382. The van der Waals surface area contributed by atoms with E-state index in [9.17, 15) is 9.59 Å². The average molecular weight is 294 g/mol. The van der Waals surface area contributed by atoms with Gasteiger partial charge in [-0.1, -0.05) is 69.9 Å². The Morgan fingerprint density at radius 3 is 2.14 bits per heavy atom. The van der Waals surface area contributed by atoms with Crippen LogP contribution in [0, 0.1) is 0 Å². The van der Waals surface area contributed by atoms with Crippen LogP contribution in [-0.4, -0.2) is 23.7 Å². The molecule has 0 spiro atoms. The molecule has 4 heteroatoms. The van der Waals surface area contributed by atoms with Crippen LogP contribution in [0.1, 0.15) is 62.7 Å². The molecule has 0 atom stereocenters. The van der Waals surface area contributed by atoms with Crippen LogP contribution in [0.15, 0.2) is 30.3 Å². The second-order valence-electron chi connectivity index (χ2n) is 4.67. The lowest BCUT2D eigenvalue weighted by molar-refractivity contribution is 0.0898. The van der Waals surface area contributed by atoms with E-state index in [0.29, 0.717) is 13.0 Å². The van der Waals surface area contributed by atoms with Gasteiger partial charge in [-0.3, -0.25) is 4.79 Å². The lowest BCUT2D eigenvalue weighted by atomic mass is 10.1. The van der Waals surface area contributed by atoms with Gasteiger partial charge in [0.1, 0.15) is 0 Å². The summed E-state index contributed by atoms with van der Waals surface area (Å²) < 4.78 is 4.34. The molecule has 118 valence electrons. The summed E-state index contributed by atoms with van der Waals surface area (Å²) in [4.78, 5) is 20.9. The molecular weight excluding hydrogens is 268 g/mol. The summed E-state index contributed by atoms with van der Waals surface area (Å²) in [5, 5.41) is 8.09. The number of unbranched alkanes of at least 4 members (excludes halogenated alkanes) is 4. The zero-order valence-electron chi connectivity index (χ0n) is 13.0. The molecule has 0 aliphatic heterocycles. The van der Waals surface area contributed by atoms with Crippen LogP contribution in [0.5, 0.6) is 0 Å². The zero-order chi connectivity index (χ0) is 15.9. The third-order valence-corrected chi connectivity index (χ3v) is 2.89. The van der Waals surface area contributed by atoms with Crippen molar-refractivity contribution in [2.75, 3.05) is 6.61 Å². The Morgan fingerprint density at radius 2 is 1.62 bits per heavy atom. The van der Waals surface area contributed by atoms with Crippen LogP contribution in [0.2, 0.25) is 0 Å². The summed E-state index contributed by atoms with van der Waals surface area (Å²) in [5.74, 6) is 0.209.